The Bertz CT molecular complexity index is 423. The van der Waals surface area contributed by atoms with Crippen LogP contribution in [0.25, 0.3) is 0 Å². The summed E-state index contributed by atoms with van der Waals surface area (Å²) in [4.78, 5) is 0. The standard InChI is InChI=1S/C19H32/c1-13-10-15(8-9-18(3,4)5)14(2)17-12-19(6,7)11-16(13)17/h13H,8-12H2,1-7H3. The van der Waals surface area contributed by atoms with Gasteiger partial charge in [-0.2, -0.15) is 0 Å². The van der Waals surface area contributed by atoms with Crippen molar-refractivity contribution < 1.29 is 0 Å². The summed E-state index contributed by atoms with van der Waals surface area (Å²) in [5, 5.41) is 0. The molecule has 0 N–H and O–H groups in total. The first-order chi connectivity index (χ1) is 8.59. The van der Waals surface area contributed by atoms with Crippen LogP contribution in [0.2, 0.25) is 0 Å². The summed E-state index contributed by atoms with van der Waals surface area (Å²) in [6.45, 7) is 16.8. The molecule has 0 amide bonds. The van der Waals surface area contributed by atoms with Gasteiger partial charge in [0, 0.05) is 0 Å². The minimum absolute atomic E-state index is 0.458. The lowest BCUT2D eigenvalue weighted by Crippen LogP contribution is -2.12. The fourth-order valence-electron chi connectivity index (χ4n) is 3.80. The highest BCUT2D eigenvalue weighted by molar-refractivity contribution is 5.46. The Kier molecular flexibility index (Phi) is 3.75. The van der Waals surface area contributed by atoms with E-state index < -0.39 is 0 Å². The maximum atomic E-state index is 2.44. The molecule has 0 heterocycles. The van der Waals surface area contributed by atoms with Gasteiger partial charge < -0.3 is 0 Å². The molecule has 0 radical (unpaired) electrons. The smallest absolute Gasteiger partial charge is 0.0188 e. The van der Waals surface area contributed by atoms with Gasteiger partial charge in [-0.1, -0.05) is 52.7 Å². The van der Waals surface area contributed by atoms with E-state index in [1.165, 1.54) is 32.1 Å². The lowest BCUT2D eigenvalue weighted by Gasteiger charge is -2.28. The van der Waals surface area contributed by atoms with Crippen LogP contribution in [-0.2, 0) is 0 Å². The minimum atomic E-state index is 0.458. The summed E-state index contributed by atoms with van der Waals surface area (Å²) in [5.74, 6) is 0.787. The third-order valence-electron chi connectivity index (χ3n) is 5.02. The first-order valence-corrected chi connectivity index (χ1v) is 8.00. The van der Waals surface area contributed by atoms with Gasteiger partial charge in [0.1, 0.15) is 0 Å². The lowest BCUT2D eigenvalue weighted by molar-refractivity contribution is 0.371. The Morgan fingerprint density at radius 1 is 1.16 bits per heavy atom. The molecule has 0 nitrogen and oxygen atoms in total. The molecule has 0 fully saturated rings. The van der Waals surface area contributed by atoms with E-state index in [0.717, 1.165) is 5.92 Å². The van der Waals surface area contributed by atoms with Crippen molar-refractivity contribution in [3.05, 3.63) is 22.3 Å². The van der Waals surface area contributed by atoms with Crippen molar-refractivity contribution >= 4 is 0 Å². The average molecular weight is 260 g/mol. The van der Waals surface area contributed by atoms with E-state index in [4.69, 9.17) is 0 Å². The largest absolute Gasteiger partial charge is 0.0664 e. The summed E-state index contributed by atoms with van der Waals surface area (Å²) in [6.07, 6.45) is 6.57. The Balaban J connectivity index is 2.20. The Morgan fingerprint density at radius 3 is 2.37 bits per heavy atom. The van der Waals surface area contributed by atoms with Crippen LogP contribution in [0.3, 0.4) is 0 Å². The monoisotopic (exact) mass is 260 g/mol. The van der Waals surface area contributed by atoms with Gasteiger partial charge in [-0.15, -0.1) is 0 Å². The third kappa shape index (κ3) is 3.33. The van der Waals surface area contributed by atoms with E-state index in [1.54, 1.807) is 22.3 Å². The van der Waals surface area contributed by atoms with Crippen molar-refractivity contribution in [1.29, 1.82) is 0 Å². The van der Waals surface area contributed by atoms with E-state index in [9.17, 15) is 0 Å². The Morgan fingerprint density at radius 2 is 1.79 bits per heavy atom. The summed E-state index contributed by atoms with van der Waals surface area (Å²) < 4.78 is 0. The maximum absolute atomic E-state index is 2.44. The maximum Gasteiger partial charge on any atom is -0.0188 e. The van der Waals surface area contributed by atoms with Gasteiger partial charge >= 0.3 is 0 Å². The Labute approximate surface area is 120 Å². The van der Waals surface area contributed by atoms with E-state index in [2.05, 4.69) is 48.5 Å². The molecule has 0 heteroatoms. The summed E-state index contributed by atoms with van der Waals surface area (Å²) in [6, 6.07) is 0. The zero-order chi connectivity index (χ0) is 14.4. The van der Waals surface area contributed by atoms with E-state index >= 15 is 0 Å². The molecule has 0 bridgehead atoms. The zero-order valence-corrected chi connectivity index (χ0v) is 14.1. The van der Waals surface area contributed by atoms with Crippen LogP contribution in [-0.4, -0.2) is 0 Å². The quantitative estimate of drug-likeness (QED) is 0.547. The molecular weight excluding hydrogens is 228 g/mol. The number of rotatable bonds is 2. The molecule has 1 unspecified atom stereocenters. The number of hydrogen-bond acceptors (Lipinski definition) is 0. The van der Waals surface area contributed by atoms with Gasteiger partial charge in [-0.25, -0.2) is 0 Å². The minimum Gasteiger partial charge on any atom is -0.0664 e. The molecular formula is C19H32. The van der Waals surface area contributed by atoms with Crippen LogP contribution in [0.1, 0.15) is 80.6 Å². The molecule has 0 aliphatic heterocycles. The third-order valence-corrected chi connectivity index (χ3v) is 5.02. The Hall–Kier alpha value is -0.520. The summed E-state index contributed by atoms with van der Waals surface area (Å²) >= 11 is 0. The van der Waals surface area contributed by atoms with E-state index in [-0.39, 0.29) is 0 Å². The average Bonchev–Trinajstić information content (AvgIpc) is 2.57. The molecule has 0 aromatic carbocycles. The highest BCUT2D eigenvalue weighted by Gasteiger charge is 2.36. The molecule has 0 saturated carbocycles. The second-order valence-corrected chi connectivity index (χ2v) is 8.92. The summed E-state index contributed by atoms with van der Waals surface area (Å²) in [7, 11) is 0. The molecule has 0 spiro atoms. The second-order valence-electron chi connectivity index (χ2n) is 8.92. The summed E-state index contributed by atoms with van der Waals surface area (Å²) in [5.41, 5.74) is 7.87. The van der Waals surface area contributed by atoms with Crippen LogP contribution in [0.15, 0.2) is 22.3 Å². The highest BCUT2D eigenvalue weighted by atomic mass is 14.4. The lowest BCUT2D eigenvalue weighted by atomic mass is 9.78. The molecule has 2 rings (SSSR count). The van der Waals surface area contributed by atoms with Gasteiger partial charge in [-0.05, 0) is 66.9 Å². The predicted octanol–water partition coefficient (Wildman–Crippen LogP) is 6.29. The van der Waals surface area contributed by atoms with Crippen LogP contribution in [0.4, 0.5) is 0 Å². The number of hydrogen-bond donors (Lipinski definition) is 0. The van der Waals surface area contributed by atoms with Gasteiger partial charge in [0.2, 0.25) is 0 Å². The molecule has 0 aromatic rings. The highest BCUT2D eigenvalue weighted by Crippen LogP contribution is 2.51. The van der Waals surface area contributed by atoms with Gasteiger partial charge in [0.05, 0.1) is 0 Å². The molecule has 1 atom stereocenters. The van der Waals surface area contributed by atoms with Gasteiger partial charge in [0.25, 0.3) is 0 Å². The zero-order valence-electron chi connectivity index (χ0n) is 14.1. The van der Waals surface area contributed by atoms with Crippen molar-refractivity contribution in [2.24, 2.45) is 16.7 Å². The topological polar surface area (TPSA) is 0 Å². The first kappa shape index (κ1) is 14.9. The van der Waals surface area contributed by atoms with Crippen molar-refractivity contribution in [3.8, 4) is 0 Å². The fraction of sp³-hybridized carbons (Fsp3) is 0.789. The van der Waals surface area contributed by atoms with Crippen molar-refractivity contribution in [2.45, 2.75) is 80.6 Å². The van der Waals surface area contributed by atoms with Crippen LogP contribution < -0.4 is 0 Å². The van der Waals surface area contributed by atoms with Crippen molar-refractivity contribution in [1.82, 2.24) is 0 Å². The molecule has 2 aliphatic rings. The molecule has 2 aliphatic carbocycles. The molecule has 19 heavy (non-hydrogen) atoms. The number of allylic oxidation sites excluding steroid dienone is 4. The predicted molar refractivity (Wildman–Crippen MR) is 85.2 cm³/mol. The first-order valence-electron chi connectivity index (χ1n) is 8.00. The molecule has 0 saturated heterocycles. The van der Waals surface area contributed by atoms with Gasteiger partial charge in [0.15, 0.2) is 0 Å². The SMILES string of the molecule is CC1=C(CCC(C)(C)C)CC(C)C2=C1CC(C)(C)C2. The van der Waals surface area contributed by atoms with Crippen molar-refractivity contribution in [2.75, 3.05) is 0 Å². The fourth-order valence-corrected chi connectivity index (χ4v) is 3.80. The second kappa shape index (κ2) is 4.79. The van der Waals surface area contributed by atoms with Crippen LogP contribution in [0.5, 0.6) is 0 Å². The normalized spacial score (nSPS) is 27.0. The van der Waals surface area contributed by atoms with Gasteiger partial charge in [-0.3, -0.25) is 0 Å². The van der Waals surface area contributed by atoms with Crippen LogP contribution >= 0.6 is 0 Å². The van der Waals surface area contributed by atoms with Crippen molar-refractivity contribution in [3.63, 3.8) is 0 Å². The van der Waals surface area contributed by atoms with Crippen LogP contribution in [0, 0.1) is 16.7 Å². The van der Waals surface area contributed by atoms with E-state index in [0.29, 0.717) is 10.8 Å². The van der Waals surface area contributed by atoms with E-state index in [1.807, 2.05) is 0 Å². The molecule has 0 aromatic heterocycles. The molecule has 108 valence electrons.